The molecule has 0 saturated heterocycles. The van der Waals surface area contributed by atoms with Gasteiger partial charge in [0, 0.05) is 12.8 Å². The molecule has 81 heavy (non-hydrogen) atoms. The number of hydrogen-bond donors (Lipinski definition) is 0. The predicted molar refractivity (Wildman–Crippen MR) is 353 cm³/mol. The molecule has 6 heteroatoms. The van der Waals surface area contributed by atoms with Gasteiger partial charge in [0.15, 0.2) is 6.10 Å². The summed E-state index contributed by atoms with van der Waals surface area (Å²) >= 11 is 0. The summed E-state index contributed by atoms with van der Waals surface area (Å²) in [5.74, 6) is -1.15. The Morgan fingerprint density at radius 2 is 0.519 bits per heavy atom. The zero-order valence-electron chi connectivity index (χ0n) is 53.3. The van der Waals surface area contributed by atoms with Gasteiger partial charge in [0.2, 0.25) is 0 Å². The first-order valence-electron chi connectivity index (χ1n) is 34.4. The van der Waals surface area contributed by atoms with Gasteiger partial charge in [-0.05, 0) is 70.6 Å². The Labute approximate surface area is 501 Å². The molecule has 0 radical (unpaired) electrons. The predicted octanol–water partition coefficient (Wildman–Crippen LogP) is 23.8. The number of ether oxygens (including phenoxy) is 3. The Bertz CT molecular complexity index is 1620. The van der Waals surface area contributed by atoms with E-state index in [-0.39, 0.29) is 38.0 Å². The zero-order chi connectivity index (χ0) is 58.5. The van der Waals surface area contributed by atoms with Crippen molar-refractivity contribution in [1.29, 1.82) is 0 Å². The Kier molecular flexibility index (Phi) is 65.2. The van der Waals surface area contributed by atoms with Crippen LogP contribution >= 0.6 is 0 Å². The monoisotopic (exact) mass is 1120 g/mol. The Morgan fingerprint density at radius 1 is 0.272 bits per heavy atom. The molecule has 0 saturated carbocycles. The molecule has 0 aromatic carbocycles. The average molecular weight is 1130 g/mol. The number of carbonyl (C=O) groups is 3. The molecule has 0 fully saturated rings. The fourth-order valence-electron chi connectivity index (χ4n) is 9.77. The van der Waals surface area contributed by atoms with Crippen LogP contribution in [0.2, 0.25) is 0 Å². The Hall–Kier alpha value is -3.93. The van der Waals surface area contributed by atoms with E-state index in [9.17, 15) is 14.4 Å². The first-order valence-corrected chi connectivity index (χ1v) is 34.4. The molecule has 0 aliphatic carbocycles. The summed E-state index contributed by atoms with van der Waals surface area (Å²) in [7, 11) is 0. The van der Waals surface area contributed by atoms with Crippen molar-refractivity contribution in [3.8, 4) is 0 Å². The summed E-state index contributed by atoms with van der Waals surface area (Å²) in [6, 6.07) is 0. The molecule has 0 aromatic rings. The molecule has 1 unspecified atom stereocenters. The van der Waals surface area contributed by atoms with Crippen LogP contribution in [0.1, 0.15) is 329 Å². The third kappa shape index (κ3) is 66.8. The van der Waals surface area contributed by atoms with Gasteiger partial charge in [-0.3, -0.25) is 14.4 Å². The summed E-state index contributed by atoms with van der Waals surface area (Å²) < 4.78 is 16.7. The lowest BCUT2D eigenvalue weighted by Crippen LogP contribution is -2.30. The highest BCUT2D eigenvalue weighted by Gasteiger charge is 2.19. The quantitative estimate of drug-likeness (QED) is 0.0261. The molecule has 0 amide bonds. The van der Waals surface area contributed by atoms with E-state index in [2.05, 4.69) is 106 Å². The number of esters is 3. The summed E-state index contributed by atoms with van der Waals surface area (Å²) in [6.07, 6.45) is 94.9. The average Bonchev–Trinajstić information content (AvgIpc) is 3.46. The number of rotatable bonds is 62. The maximum atomic E-state index is 12.8. The fraction of sp³-hybridized carbons (Fsp3) is 0.720. The van der Waals surface area contributed by atoms with Gasteiger partial charge in [0.05, 0.1) is 6.42 Å². The maximum absolute atomic E-state index is 12.8. The van der Waals surface area contributed by atoms with E-state index in [1.54, 1.807) is 6.08 Å². The molecular weight excluding hydrogens is 997 g/mol. The van der Waals surface area contributed by atoms with Gasteiger partial charge in [0.25, 0.3) is 0 Å². The maximum Gasteiger partial charge on any atom is 0.310 e. The van der Waals surface area contributed by atoms with Crippen molar-refractivity contribution in [1.82, 2.24) is 0 Å². The molecule has 0 aromatic heterocycles. The van der Waals surface area contributed by atoms with Gasteiger partial charge in [-0.15, -0.1) is 0 Å². The minimum atomic E-state index is -0.863. The van der Waals surface area contributed by atoms with Crippen LogP contribution in [-0.4, -0.2) is 37.2 Å². The van der Waals surface area contributed by atoms with Gasteiger partial charge in [-0.1, -0.05) is 348 Å². The van der Waals surface area contributed by atoms with Crippen LogP contribution in [0.3, 0.4) is 0 Å². The fourth-order valence-corrected chi connectivity index (χ4v) is 9.77. The highest BCUT2D eigenvalue weighted by molar-refractivity contribution is 5.72. The summed E-state index contributed by atoms with van der Waals surface area (Å²) in [5.41, 5.74) is 0. The second-order valence-corrected chi connectivity index (χ2v) is 22.7. The largest absolute Gasteiger partial charge is 0.462 e. The molecular formula is C75H128O6. The molecule has 6 nitrogen and oxygen atoms in total. The second-order valence-electron chi connectivity index (χ2n) is 22.7. The van der Waals surface area contributed by atoms with Crippen molar-refractivity contribution in [2.75, 3.05) is 13.2 Å². The SMILES string of the molecule is CC/C=C\C/C=C\C/C=C\C/C=C\C/C=C\CC(=O)OC(COC(=O)CC/C=C\C/C=C\C/C=C\C/C=C\CC)COC(=O)CCCCCCCCCCCCCCCCCCCCCCCCCCCCCCCCCCCCC. The van der Waals surface area contributed by atoms with E-state index in [1.807, 2.05) is 18.2 Å². The van der Waals surface area contributed by atoms with Gasteiger partial charge in [-0.25, -0.2) is 0 Å². The highest BCUT2D eigenvalue weighted by Crippen LogP contribution is 2.18. The van der Waals surface area contributed by atoms with E-state index >= 15 is 0 Å². The van der Waals surface area contributed by atoms with Crippen LogP contribution in [0.4, 0.5) is 0 Å². The molecule has 0 N–H and O–H groups in total. The molecule has 0 rings (SSSR count). The van der Waals surface area contributed by atoms with E-state index in [0.717, 1.165) is 70.6 Å². The van der Waals surface area contributed by atoms with Crippen LogP contribution in [-0.2, 0) is 28.6 Å². The van der Waals surface area contributed by atoms with E-state index in [4.69, 9.17) is 14.2 Å². The Morgan fingerprint density at radius 3 is 0.815 bits per heavy atom. The van der Waals surface area contributed by atoms with Crippen LogP contribution < -0.4 is 0 Å². The standard InChI is InChI=1S/C75H128O6/c1-4-7-10-13-16-19-22-25-27-28-29-30-31-32-33-34-35-36-37-38-39-40-41-42-43-44-45-46-48-50-53-56-59-62-65-68-74(77)80-71-72(70-79-73(76)67-64-61-58-55-52-49-24-21-18-15-12-9-6-3)81-75(78)69-66-63-60-57-54-51-47-26-23-20-17-14-11-8-5-2/h8-9,11-12,17-18,20-21,26,47,49,52,54,57-58,61,63,66,72H,4-7,10,13-16,19,22-25,27-46,48,50-51,53,55-56,59-60,62,64-65,67-71H2,1-3H3/b11-8-,12-9-,20-17-,21-18-,47-26-,52-49-,57-54-,61-58-,66-63-. The third-order valence-corrected chi connectivity index (χ3v) is 14.8. The highest BCUT2D eigenvalue weighted by atomic mass is 16.6. The van der Waals surface area contributed by atoms with Gasteiger partial charge in [0.1, 0.15) is 13.2 Å². The van der Waals surface area contributed by atoms with Crippen molar-refractivity contribution >= 4 is 17.9 Å². The molecule has 0 heterocycles. The van der Waals surface area contributed by atoms with Gasteiger partial charge < -0.3 is 14.2 Å². The Balaban J connectivity index is 4.15. The topological polar surface area (TPSA) is 78.9 Å². The number of unbranched alkanes of at least 4 members (excludes halogenated alkanes) is 34. The number of carbonyl (C=O) groups excluding carboxylic acids is 3. The molecule has 1 atom stereocenters. The zero-order valence-corrected chi connectivity index (χ0v) is 53.3. The summed E-state index contributed by atoms with van der Waals surface area (Å²) in [5, 5.41) is 0. The molecule has 464 valence electrons. The first-order chi connectivity index (χ1) is 40.0. The lowest BCUT2D eigenvalue weighted by molar-refractivity contribution is -0.166. The smallest absolute Gasteiger partial charge is 0.310 e. The second kappa shape index (κ2) is 68.6. The lowest BCUT2D eigenvalue weighted by atomic mass is 10.0. The van der Waals surface area contributed by atoms with Crippen LogP contribution in [0.25, 0.3) is 0 Å². The lowest BCUT2D eigenvalue weighted by Gasteiger charge is -2.18. The molecule has 0 spiro atoms. The minimum absolute atomic E-state index is 0.0808. The van der Waals surface area contributed by atoms with E-state index in [1.165, 1.54) is 205 Å². The van der Waals surface area contributed by atoms with Crippen molar-refractivity contribution in [2.24, 2.45) is 0 Å². The first kappa shape index (κ1) is 77.1. The molecule has 0 aliphatic rings. The van der Waals surface area contributed by atoms with Gasteiger partial charge in [-0.2, -0.15) is 0 Å². The molecule has 0 bridgehead atoms. The van der Waals surface area contributed by atoms with E-state index in [0.29, 0.717) is 19.3 Å². The normalized spacial score (nSPS) is 12.8. The number of allylic oxidation sites excluding steroid dienone is 17. The van der Waals surface area contributed by atoms with Crippen LogP contribution in [0.5, 0.6) is 0 Å². The van der Waals surface area contributed by atoms with Crippen molar-refractivity contribution in [3.63, 3.8) is 0 Å². The van der Waals surface area contributed by atoms with Crippen molar-refractivity contribution in [3.05, 3.63) is 109 Å². The summed E-state index contributed by atoms with van der Waals surface area (Å²) in [6.45, 7) is 6.29. The summed E-state index contributed by atoms with van der Waals surface area (Å²) in [4.78, 5) is 38.1. The third-order valence-electron chi connectivity index (χ3n) is 14.8. The van der Waals surface area contributed by atoms with Crippen molar-refractivity contribution in [2.45, 2.75) is 335 Å². The van der Waals surface area contributed by atoms with Crippen LogP contribution in [0, 0.1) is 0 Å². The van der Waals surface area contributed by atoms with Crippen LogP contribution in [0.15, 0.2) is 109 Å². The van der Waals surface area contributed by atoms with Gasteiger partial charge >= 0.3 is 17.9 Å². The molecule has 0 aliphatic heterocycles. The van der Waals surface area contributed by atoms with Crippen molar-refractivity contribution < 1.29 is 28.6 Å². The number of hydrogen-bond acceptors (Lipinski definition) is 6. The minimum Gasteiger partial charge on any atom is -0.462 e. The van der Waals surface area contributed by atoms with E-state index < -0.39 is 12.1 Å².